The van der Waals surface area contributed by atoms with Gasteiger partial charge in [-0.25, -0.2) is 8.78 Å². The van der Waals surface area contributed by atoms with Gasteiger partial charge < -0.3 is 10.1 Å². The molecule has 2 aromatic rings. The van der Waals surface area contributed by atoms with Crippen LogP contribution in [0.25, 0.3) is 0 Å². The molecule has 0 atom stereocenters. The van der Waals surface area contributed by atoms with Gasteiger partial charge >= 0.3 is 0 Å². The fraction of sp³-hybridized carbons (Fsp3) is 0.250. The van der Waals surface area contributed by atoms with Gasteiger partial charge in [-0.05, 0) is 30.7 Å². The summed E-state index contributed by atoms with van der Waals surface area (Å²) < 4.78 is 31.9. The van der Waals surface area contributed by atoms with E-state index in [1.165, 1.54) is 6.07 Å². The SMILES string of the molecule is Cc1cccc(OCCNCc2cccc(F)c2F)c1. The maximum absolute atomic E-state index is 13.4. The van der Waals surface area contributed by atoms with Gasteiger partial charge in [0.15, 0.2) is 11.6 Å². The van der Waals surface area contributed by atoms with Crippen LogP contribution in [0, 0.1) is 18.6 Å². The van der Waals surface area contributed by atoms with Gasteiger partial charge in [0.05, 0.1) is 0 Å². The molecule has 0 fully saturated rings. The molecule has 2 aromatic carbocycles. The molecule has 4 heteroatoms. The first-order chi connectivity index (χ1) is 9.66. The van der Waals surface area contributed by atoms with Crippen LogP contribution >= 0.6 is 0 Å². The minimum absolute atomic E-state index is 0.279. The smallest absolute Gasteiger partial charge is 0.163 e. The van der Waals surface area contributed by atoms with E-state index >= 15 is 0 Å². The molecule has 0 bridgehead atoms. The van der Waals surface area contributed by atoms with Crippen LogP contribution in [0.4, 0.5) is 8.78 Å². The summed E-state index contributed by atoms with van der Waals surface area (Å²) in [5, 5.41) is 3.02. The van der Waals surface area contributed by atoms with Crippen molar-refractivity contribution in [2.24, 2.45) is 0 Å². The van der Waals surface area contributed by atoms with E-state index in [1.807, 2.05) is 31.2 Å². The van der Waals surface area contributed by atoms with E-state index in [0.717, 1.165) is 17.4 Å². The van der Waals surface area contributed by atoms with E-state index in [0.29, 0.717) is 18.7 Å². The lowest BCUT2D eigenvalue weighted by atomic mass is 10.2. The molecule has 20 heavy (non-hydrogen) atoms. The average molecular weight is 277 g/mol. The Labute approximate surface area is 117 Å². The third-order valence-corrected chi connectivity index (χ3v) is 2.88. The topological polar surface area (TPSA) is 21.3 Å². The zero-order valence-corrected chi connectivity index (χ0v) is 11.3. The van der Waals surface area contributed by atoms with E-state index in [1.54, 1.807) is 6.07 Å². The molecule has 0 aliphatic rings. The Kier molecular flexibility index (Phi) is 5.07. The molecule has 0 aromatic heterocycles. The second kappa shape index (κ2) is 7.01. The largest absolute Gasteiger partial charge is 0.492 e. The summed E-state index contributed by atoms with van der Waals surface area (Å²) >= 11 is 0. The van der Waals surface area contributed by atoms with Crippen LogP contribution in [0.15, 0.2) is 42.5 Å². The highest BCUT2D eigenvalue weighted by atomic mass is 19.2. The van der Waals surface area contributed by atoms with Crippen molar-refractivity contribution >= 4 is 0 Å². The Morgan fingerprint density at radius 2 is 1.90 bits per heavy atom. The molecule has 0 radical (unpaired) electrons. The van der Waals surface area contributed by atoms with Crippen LogP contribution in [0.2, 0.25) is 0 Å². The predicted octanol–water partition coefficient (Wildman–Crippen LogP) is 3.44. The summed E-state index contributed by atoms with van der Waals surface area (Å²) in [5.74, 6) is -0.802. The summed E-state index contributed by atoms with van der Waals surface area (Å²) in [6.07, 6.45) is 0. The highest BCUT2D eigenvalue weighted by molar-refractivity contribution is 5.27. The van der Waals surface area contributed by atoms with Gasteiger partial charge in [0.1, 0.15) is 12.4 Å². The lowest BCUT2D eigenvalue weighted by Crippen LogP contribution is -2.21. The standard InChI is InChI=1S/C16H17F2NO/c1-12-4-2-6-14(10-12)20-9-8-19-11-13-5-3-7-15(17)16(13)18/h2-7,10,19H,8-9,11H2,1H3. The van der Waals surface area contributed by atoms with E-state index < -0.39 is 11.6 Å². The van der Waals surface area contributed by atoms with Crippen LogP contribution in [0.5, 0.6) is 5.75 Å². The first-order valence-corrected chi connectivity index (χ1v) is 6.50. The summed E-state index contributed by atoms with van der Waals surface area (Å²) in [5.41, 5.74) is 1.46. The average Bonchev–Trinajstić information content (AvgIpc) is 2.43. The molecule has 0 saturated heterocycles. The van der Waals surface area contributed by atoms with Crippen LogP contribution in [0.1, 0.15) is 11.1 Å². The monoisotopic (exact) mass is 277 g/mol. The Balaban J connectivity index is 1.73. The van der Waals surface area contributed by atoms with E-state index in [9.17, 15) is 8.78 Å². The fourth-order valence-electron chi connectivity index (χ4n) is 1.85. The van der Waals surface area contributed by atoms with Crippen molar-refractivity contribution in [2.75, 3.05) is 13.2 Å². The number of benzene rings is 2. The van der Waals surface area contributed by atoms with Crippen molar-refractivity contribution in [2.45, 2.75) is 13.5 Å². The number of rotatable bonds is 6. The Hall–Kier alpha value is -1.94. The first kappa shape index (κ1) is 14.5. The number of hydrogen-bond acceptors (Lipinski definition) is 2. The van der Waals surface area contributed by atoms with Gasteiger partial charge in [0.25, 0.3) is 0 Å². The third kappa shape index (κ3) is 4.03. The third-order valence-electron chi connectivity index (χ3n) is 2.88. The van der Waals surface area contributed by atoms with Crippen LogP contribution in [0.3, 0.4) is 0 Å². The molecular weight excluding hydrogens is 260 g/mol. The van der Waals surface area contributed by atoms with E-state index in [4.69, 9.17) is 4.74 Å². The van der Waals surface area contributed by atoms with Gasteiger partial charge in [-0.3, -0.25) is 0 Å². The molecule has 0 amide bonds. The van der Waals surface area contributed by atoms with Crippen LogP contribution in [-0.2, 0) is 6.54 Å². The van der Waals surface area contributed by atoms with Gasteiger partial charge in [-0.15, -0.1) is 0 Å². The molecule has 2 nitrogen and oxygen atoms in total. The highest BCUT2D eigenvalue weighted by Gasteiger charge is 2.06. The fourth-order valence-corrected chi connectivity index (χ4v) is 1.85. The molecule has 0 spiro atoms. The quantitative estimate of drug-likeness (QED) is 0.817. The molecule has 2 rings (SSSR count). The lowest BCUT2D eigenvalue weighted by Gasteiger charge is -2.09. The molecule has 106 valence electrons. The van der Waals surface area contributed by atoms with Gasteiger partial charge in [-0.1, -0.05) is 24.3 Å². The molecule has 0 aliphatic heterocycles. The Morgan fingerprint density at radius 3 is 2.70 bits per heavy atom. The molecule has 0 aliphatic carbocycles. The van der Waals surface area contributed by atoms with Crippen LogP contribution in [-0.4, -0.2) is 13.2 Å². The van der Waals surface area contributed by atoms with E-state index in [-0.39, 0.29) is 6.54 Å². The molecule has 1 N–H and O–H groups in total. The maximum atomic E-state index is 13.4. The summed E-state index contributed by atoms with van der Waals surface area (Å²) in [4.78, 5) is 0. The van der Waals surface area contributed by atoms with Gasteiger partial charge in [0.2, 0.25) is 0 Å². The van der Waals surface area contributed by atoms with Crippen molar-refractivity contribution < 1.29 is 13.5 Å². The maximum Gasteiger partial charge on any atom is 0.163 e. The first-order valence-electron chi connectivity index (χ1n) is 6.50. The Bertz CT molecular complexity index is 572. The number of ether oxygens (including phenoxy) is 1. The minimum atomic E-state index is -0.819. The summed E-state index contributed by atoms with van der Waals surface area (Å²) in [6.45, 7) is 3.31. The number of halogens is 2. The summed E-state index contributed by atoms with van der Waals surface area (Å²) in [7, 11) is 0. The number of hydrogen-bond donors (Lipinski definition) is 1. The molecular formula is C16H17F2NO. The van der Waals surface area contributed by atoms with Gasteiger partial charge in [-0.2, -0.15) is 0 Å². The van der Waals surface area contributed by atoms with Gasteiger partial charge in [0, 0.05) is 18.7 Å². The van der Waals surface area contributed by atoms with Crippen molar-refractivity contribution in [1.29, 1.82) is 0 Å². The molecule has 0 unspecified atom stereocenters. The van der Waals surface area contributed by atoms with Crippen molar-refractivity contribution in [3.8, 4) is 5.75 Å². The van der Waals surface area contributed by atoms with Crippen molar-refractivity contribution in [3.05, 3.63) is 65.2 Å². The summed E-state index contributed by atoms with van der Waals surface area (Å²) in [6, 6.07) is 11.9. The van der Waals surface area contributed by atoms with E-state index in [2.05, 4.69) is 5.32 Å². The second-order valence-corrected chi connectivity index (χ2v) is 4.55. The molecule has 0 heterocycles. The Morgan fingerprint density at radius 1 is 1.10 bits per heavy atom. The predicted molar refractivity (Wildman–Crippen MR) is 74.7 cm³/mol. The molecule has 0 saturated carbocycles. The minimum Gasteiger partial charge on any atom is -0.492 e. The highest BCUT2D eigenvalue weighted by Crippen LogP contribution is 2.12. The number of nitrogens with one attached hydrogen (secondary N) is 1. The second-order valence-electron chi connectivity index (χ2n) is 4.55. The zero-order chi connectivity index (χ0) is 14.4. The lowest BCUT2D eigenvalue weighted by molar-refractivity contribution is 0.313. The number of aryl methyl sites for hydroxylation is 1. The zero-order valence-electron chi connectivity index (χ0n) is 11.3. The van der Waals surface area contributed by atoms with Crippen molar-refractivity contribution in [1.82, 2.24) is 5.32 Å². The van der Waals surface area contributed by atoms with Crippen LogP contribution < -0.4 is 10.1 Å². The van der Waals surface area contributed by atoms with Crippen molar-refractivity contribution in [3.63, 3.8) is 0 Å². The normalized spacial score (nSPS) is 10.6.